The Kier molecular flexibility index (Phi) is 4.88. The molecule has 146 valence electrons. The van der Waals surface area contributed by atoms with Gasteiger partial charge in [-0.3, -0.25) is 9.59 Å². The molecule has 27 heavy (non-hydrogen) atoms. The molecule has 0 aromatic heterocycles. The molecule has 1 heterocycles. The molecule has 1 aromatic rings. The van der Waals surface area contributed by atoms with Crippen molar-refractivity contribution in [2.75, 3.05) is 11.4 Å². The van der Waals surface area contributed by atoms with E-state index >= 15 is 0 Å². The zero-order valence-corrected chi connectivity index (χ0v) is 15.2. The van der Waals surface area contributed by atoms with Crippen molar-refractivity contribution >= 4 is 17.5 Å². The molecule has 0 radical (unpaired) electrons. The van der Waals surface area contributed by atoms with Gasteiger partial charge >= 0.3 is 0 Å². The fraction of sp³-hybridized carbons (Fsp3) is 0.600. The minimum atomic E-state index is -0.774. The Morgan fingerprint density at radius 1 is 1.11 bits per heavy atom. The summed E-state index contributed by atoms with van der Waals surface area (Å²) < 4.78 is 28.0. The summed E-state index contributed by atoms with van der Waals surface area (Å²) in [5, 5.41) is 2.83. The molecule has 3 aliphatic rings. The van der Waals surface area contributed by atoms with Crippen LogP contribution in [0.3, 0.4) is 0 Å². The first kappa shape index (κ1) is 18.3. The van der Waals surface area contributed by atoms with E-state index < -0.39 is 23.6 Å². The van der Waals surface area contributed by atoms with Gasteiger partial charge < -0.3 is 16.0 Å². The Morgan fingerprint density at radius 3 is 2.37 bits per heavy atom. The molecule has 0 spiro atoms. The van der Waals surface area contributed by atoms with Crippen LogP contribution in [0.2, 0.25) is 0 Å². The number of carbonyl (C=O) groups excluding carboxylic acids is 2. The summed E-state index contributed by atoms with van der Waals surface area (Å²) in [6, 6.07) is 2.96. The molecule has 3 N–H and O–H groups in total. The highest BCUT2D eigenvalue weighted by Gasteiger charge is 2.42. The van der Waals surface area contributed by atoms with Gasteiger partial charge in [-0.25, -0.2) is 8.78 Å². The smallest absolute Gasteiger partial charge is 0.249 e. The third-order valence-electron chi connectivity index (χ3n) is 6.51. The lowest BCUT2D eigenvalue weighted by Crippen LogP contribution is -2.51. The van der Waals surface area contributed by atoms with E-state index in [0.717, 1.165) is 42.7 Å². The van der Waals surface area contributed by atoms with E-state index in [4.69, 9.17) is 5.73 Å². The van der Waals surface area contributed by atoms with E-state index in [1.165, 1.54) is 12.5 Å². The largest absolute Gasteiger partial charge is 0.344 e. The molecule has 5 nitrogen and oxygen atoms in total. The molecule has 7 heteroatoms. The van der Waals surface area contributed by atoms with Crippen LogP contribution in [-0.2, 0) is 9.59 Å². The zero-order chi connectivity index (χ0) is 19.1. The molecule has 3 unspecified atom stereocenters. The second-order valence-corrected chi connectivity index (χ2v) is 8.11. The first-order valence-electron chi connectivity index (χ1n) is 9.77. The van der Waals surface area contributed by atoms with E-state index in [1.54, 1.807) is 0 Å². The standard InChI is InChI=1S/C20H25F2N3O2/c21-14-5-2-6-15(22)18(14)25-8-7-16(20(25)27)24-19(26)13-9-11-3-1-4-12(10-13)17(11)23/h2,5-6,11-13,16-17H,1,3-4,7-10,23H2,(H,24,26). The molecule has 3 atom stereocenters. The first-order valence-corrected chi connectivity index (χ1v) is 9.77. The van der Waals surface area contributed by atoms with Gasteiger partial charge in [0.15, 0.2) is 0 Å². The molecule has 2 bridgehead atoms. The summed E-state index contributed by atoms with van der Waals surface area (Å²) in [7, 11) is 0. The number of benzene rings is 1. The summed E-state index contributed by atoms with van der Waals surface area (Å²) in [6.45, 7) is 0.183. The lowest BCUT2D eigenvalue weighted by molar-refractivity contribution is -0.131. The Morgan fingerprint density at radius 2 is 1.74 bits per heavy atom. The van der Waals surface area contributed by atoms with Gasteiger partial charge in [-0.2, -0.15) is 0 Å². The lowest BCUT2D eigenvalue weighted by Gasteiger charge is -2.43. The molecule has 4 rings (SSSR count). The summed E-state index contributed by atoms with van der Waals surface area (Å²) in [4.78, 5) is 26.5. The number of nitrogens with zero attached hydrogens (tertiary/aromatic N) is 1. The number of anilines is 1. The second kappa shape index (κ2) is 7.19. The van der Waals surface area contributed by atoms with Crippen LogP contribution in [0.1, 0.15) is 38.5 Å². The maximum absolute atomic E-state index is 14.0. The van der Waals surface area contributed by atoms with Crippen molar-refractivity contribution < 1.29 is 18.4 Å². The van der Waals surface area contributed by atoms with Crippen LogP contribution in [0, 0.1) is 29.4 Å². The normalized spacial score (nSPS) is 33.2. The van der Waals surface area contributed by atoms with Crippen molar-refractivity contribution in [2.45, 2.75) is 50.6 Å². The van der Waals surface area contributed by atoms with E-state index in [2.05, 4.69) is 5.32 Å². The van der Waals surface area contributed by atoms with Gasteiger partial charge in [-0.15, -0.1) is 0 Å². The number of rotatable bonds is 3. The van der Waals surface area contributed by atoms with Gasteiger partial charge in [0.05, 0.1) is 0 Å². The van der Waals surface area contributed by atoms with E-state index in [9.17, 15) is 18.4 Å². The number of amides is 2. The van der Waals surface area contributed by atoms with Crippen molar-refractivity contribution in [3.05, 3.63) is 29.8 Å². The summed E-state index contributed by atoms with van der Waals surface area (Å²) >= 11 is 0. The van der Waals surface area contributed by atoms with Crippen molar-refractivity contribution in [3.63, 3.8) is 0 Å². The third-order valence-corrected chi connectivity index (χ3v) is 6.51. The van der Waals surface area contributed by atoms with Crippen LogP contribution >= 0.6 is 0 Å². The van der Waals surface area contributed by atoms with Crippen molar-refractivity contribution in [1.29, 1.82) is 0 Å². The van der Waals surface area contributed by atoms with Crippen molar-refractivity contribution in [3.8, 4) is 0 Å². The highest BCUT2D eigenvalue weighted by atomic mass is 19.1. The number of carbonyl (C=O) groups is 2. The molecule has 1 saturated heterocycles. The van der Waals surface area contributed by atoms with Gasteiger partial charge in [0, 0.05) is 18.5 Å². The Balaban J connectivity index is 1.42. The summed E-state index contributed by atoms with van der Waals surface area (Å²) in [5.74, 6) is -1.53. The predicted octanol–water partition coefficient (Wildman–Crippen LogP) is 2.34. The average Bonchev–Trinajstić information content (AvgIpc) is 2.95. The fourth-order valence-electron chi connectivity index (χ4n) is 5.08. The van der Waals surface area contributed by atoms with Crippen LogP contribution in [0.4, 0.5) is 14.5 Å². The monoisotopic (exact) mass is 377 g/mol. The number of nitrogens with one attached hydrogen (secondary N) is 1. The fourth-order valence-corrected chi connectivity index (χ4v) is 5.08. The zero-order valence-electron chi connectivity index (χ0n) is 15.2. The molecule has 2 amide bonds. The average molecular weight is 377 g/mol. The highest BCUT2D eigenvalue weighted by molar-refractivity contribution is 6.01. The van der Waals surface area contributed by atoms with Crippen LogP contribution in [0.15, 0.2) is 18.2 Å². The Bertz CT molecular complexity index is 722. The van der Waals surface area contributed by atoms with Gasteiger partial charge in [-0.05, 0) is 56.1 Å². The van der Waals surface area contributed by atoms with E-state index in [0.29, 0.717) is 18.3 Å². The van der Waals surface area contributed by atoms with Crippen molar-refractivity contribution in [2.24, 2.45) is 23.5 Å². The van der Waals surface area contributed by atoms with Crippen LogP contribution < -0.4 is 16.0 Å². The number of hydrogen-bond donors (Lipinski definition) is 2. The molecule has 3 fully saturated rings. The topological polar surface area (TPSA) is 75.4 Å². The predicted molar refractivity (Wildman–Crippen MR) is 96.8 cm³/mol. The van der Waals surface area contributed by atoms with Gasteiger partial charge in [0.2, 0.25) is 11.8 Å². The van der Waals surface area contributed by atoms with Crippen LogP contribution in [0.25, 0.3) is 0 Å². The number of fused-ring (bicyclic) bond motifs is 2. The maximum Gasteiger partial charge on any atom is 0.249 e. The minimum absolute atomic E-state index is 0.131. The quantitative estimate of drug-likeness (QED) is 0.849. The molecule has 1 aliphatic heterocycles. The third kappa shape index (κ3) is 3.33. The van der Waals surface area contributed by atoms with Gasteiger partial charge in [0.1, 0.15) is 23.4 Å². The number of halogens is 2. The molecule has 1 aromatic carbocycles. The second-order valence-electron chi connectivity index (χ2n) is 8.11. The molecule has 2 saturated carbocycles. The molecule has 2 aliphatic carbocycles. The van der Waals surface area contributed by atoms with E-state index in [1.807, 2.05) is 0 Å². The van der Waals surface area contributed by atoms with Crippen LogP contribution in [0.5, 0.6) is 0 Å². The molecular weight excluding hydrogens is 352 g/mol. The van der Waals surface area contributed by atoms with Gasteiger partial charge in [-0.1, -0.05) is 12.5 Å². The first-order chi connectivity index (χ1) is 13.0. The van der Waals surface area contributed by atoms with Crippen LogP contribution in [-0.4, -0.2) is 30.4 Å². The summed E-state index contributed by atoms with van der Waals surface area (Å²) in [5.41, 5.74) is 5.94. The van der Waals surface area contributed by atoms with Crippen molar-refractivity contribution in [1.82, 2.24) is 5.32 Å². The number of nitrogens with two attached hydrogens (primary N) is 1. The Hall–Kier alpha value is -2.02. The number of hydrogen-bond acceptors (Lipinski definition) is 3. The minimum Gasteiger partial charge on any atom is -0.344 e. The summed E-state index contributed by atoms with van der Waals surface area (Å²) in [6.07, 6.45) is 5.15. The lowest BCUT2D eigenvalue weighted by atomic mass is 9.65. The Labute approximate surface area is 157 Å². The SMILES string of the molecule is NC1C2CCCC1CC(C(=O)NC1CCN(c3c(F)cccc3F)C1=O)C2. The van der Waals surface area contributed by atoms with E-state index in [-0.39, 0.29) is 30.1 Å². The highest BCUT2D eigenvalue weighted by Crippen LogP contribution is 2.42. The van der Waals surface area contributed by atoms with Gasteiger partial charge in [0.25, 0.3) is 0 Å². The maximum atomic E-state index is 14.0. The number of para-hydroxylation sites is 1. The molecular formula is C20H25F2N3O2.